The van der Waals surface area contributed by atoms with Gasteiger partial charge in [-0.15, -0.1) is 0 Å². The van der Waals surface area contributed by atoms with E-state index in [2.05, 4.69) is 19.3 Å². The third kappa shape index (κ3) is 3.46. The number of rotatable bonds is 3. The lowest BCUT2D eigenvalue weighted by atomic mass is 9.76. The molecule has 0 unspecified atom stereocenters. The van der Waals surface area contributed by atoms with Crippen LogP contribution in [0.25, 0.3) is 0 Å². The Bertz CT molecular complexity index is 187. The van der Waals surface area contributed by atoms with Gasteiger partial charge in [0.25, 0.3) is 0 Å². The lowest BCUT2D eigenvalue weighted by Crippen LogP contribution is -2.37. The van der Waals surface area contributed by atoms with Crippen LogP contribution in [0.5, 0.6) is 0 Å². The standard InChI is InChI=1S/C13H25NO/c1-13(2)9-7-11(8-10-13)14-15-12-5-3-4-6-12/h11-12,14H,3-10H2,1-2H3. The Kier molecular flexibility index (Phi) is 3.68. The Hall–Kier alpha value is -0.0800. The predicted octanol–water partition coefficient (Wildman–Crippen LogP) is 3.42. The average Bonchev–Trinajstić information content (AvgIpc) is 2.69. The summed E-state index contributed by atoms with van der Waals surface area (Å²) in [4.78, 5) is 5.76. The highest BCUT2D eigenvalue weighted by molar-refractivity contribution is 4.80. The van der Waals surface area contributed by atoms with Crippen molar-refractivity contribution in [2.24, 2.45) is 5.41 Å². The summed E-state index contributed by atoms with van der Waals surface area (Å²) in [7, 11) is 0. The highest BCUT2D eigenvalue weighted by Crippen LogP contribution is 2.35. The zero-order valence-electron chi connectivity index (χ0n) is 10.2. The fraction of sp³-hybridized carbons (Fsp3) is 1.00. The molecule has 0 aromatic heterocycles. The minimum Gasteiger partial charge on any atom is -0.298 e. The van der Waals surface area contributed by atoms with Gasteiger partial charge in [-0.3, -0.25) is 4.84 Å². The molecule has 2 fully saturated rings. The fourth-order valence-corrected chi connectivity index (χ4v) is 2.72. The van der Waals surface area contributed by atoms with E-state index < -0.39 is 0 Å². The molecule has 2 aliphatic carbocycles. The van der Waals surface area contributed by atoms with Crippen molar-refractivity contribution in [3.05, 3.63) is 0 Å². The number of hydrogen-bond acceptors (Lipinski definition) is 2. The van der Waals surface area contributed by atoms with Crippen LogP contribution in [0, 0.1) is 5.41 Å². The van der Waals surface area contributed by atoms with E-state index in [1.807, 2.05) is 0 Å². The zero-order valence-corrected chi connectivity index (χ0v) is 10.2. The second kappa shape index (κ2) is 4.84. The highest BCUT2D eigenvalue weighted by Gasteiger charge is 2.27. The number of hydroxylamine groups is 1. The van der Waals surface area contributed by atoms with Gasteiger partial charge in [0.05, 0.1) is 6.10 Å². The molecule has 2 aliphatic rings. The SMILES string of the molecule is CC1(C)CCC(NOC2CCCC2)CC1. The molecule has 0 atom stereocenters. The van der Waals surface area contributed by atoms with Crippen LogP contribution in [0.4, 0.5) is 0 Å². The number of hydrogen-bond donors (Lipinski definition) is 1. The van der Waals surface area contributed by atoms with Gasteiger partial charge in [0.15, 0.2) is 0 Å². The van der Waals surface area contributed by atoms with Gasteiger partial charge in [0, 0.05) is 6.04 Å². The largest absolute Gasteiger partial charge is 0.298 e. The van der Waals surface area contributed by atoms with E-state index in [0.29, 0.717) is 17.6 Å². The van der Waals surface area contributed by atoms with Crippen molar-refractivity contribution in [2.75, 3.05) is 0 Å². The first-order valence-electron chi connectivity index (χ1n) is 6.57. The quantitative estimate of drug-likeness (QED) is 0.722. The summed E-state index contributed by atoms with van der Waals surface area (Å²) in [5.41, 5.74) is 3.86. The van der Waals surface area contributed by atoms with Gasteiger partial charge in [-0.2, -0.15) is 5.48 Å². The minimum atomic E-state index is 0.500. The second-order valence-corrected chi connectivity index (χ2v) is 6.08. The van der Waals surface area contributed by atoms with E-state index in [0.717, 1.165) is 0 Å². The molecule has 0 radical (unpaired) electrons. The van der Waals surface area contributed by atoms with Crippen LogP contribution >= 0.6 is 0 Å². The molecule has 0 aliphatic heterocycles. The van der Waals surface area contributed by atoms with Gasteiger partial charge in [-0.1, -0.05) is 26.7 Å². The van der Waals surface area contributed by atoms with Crippen molar-refractivity contribution in [3.63, 3.8) is 0 Å². The summed E-state index contributed by atoms with van der Waals surface area (Å²) in [6, 6.07) is 0.610. The Morgan fingerprint density at radius 2 is 1.60 bits per heavy atom. The molecule has 2 saturated carbocycles. The fourth-order valence-electron chi connectivity index (χ4n) is 2.72. The maximum atomic E-state index is 5.76. The van der Waals surface area contributed by atoms with Gasteiger partial charge < -0.3 is 0 Å². The molecule has 1 N–H and O–H groups in total. The molecule has 2 rings (SSSR count). The van der Waals surface area contributed by atoms with E-state index >= 15 is 0 Å². The van der Waals surface area contributed by atoms with Crippen molar-refractivity contribution < 1.29 is 4.84 Å². The molecule has 0 aromatic rings. The normalized spacial score (nSPS) is 28.4. The Labute approximate surface area is 93.7 Å². The van der Waals surface area contributed by atoms with E-state index in [9.17, 15) is 0 Å². The third-order valence-corrected chi connectivity index (χ3v) is 4.04. The van der Waals surface area contributed by atoms with Crippen LogP contribution in [-0.2, 0) is 4.84 Å². The second-order valence-electron chi connectivity index (χ2n) is 6.08. The van der Waals surface area contributed by atoms with Gasteiger partial charge in [-0.25, -0.2) is 0 Å². The van der Waals surface area contributed by atoms with Crippen LogP contribution in [0.2, 0.25) is 0 Å². The molecule has 88 valence electrons. The average molecular weight is 211 g/mol. The zero-order chi connectivity index (χ0) is 10.7. The maximum absolute atomic E-state index is 5.76. The monoisotopic (exact) mass is 211 g/mol. The van der Waals surface area contributed by atoms with Gasteiger partial charge >= 0.3 is 0 Å². The first-order valence-corrected chi connectivity index (χ1v) is 6.57. The summed E-state index contributed by atoms with van der Waals surface area (Å²) < 4.78 is 0. The summed E-state index contributed by atoms with van der Waals surface area (Å²) in [6.07, 6.45) is 10.9. The van der Waals surface area contributed by atoms with Crippen LogP contribution in [0.15, 0.2) is 0 Å². The van der Waals surface area contributed by atoms with E-state index in [1.54, 1.807) is 0 Å². The summed E-state index contributed by atoms with van der Waals surface area (Å²) in [6.45, 7) is 4.75. The van der Waals surface area contributed by atoms with E-state index in [1.165, 1.54) is 51.4 Å². The molecular weight excluding hydrogens is 186 g/mol. The minimum absolute atomic E-state index is 0.500. The van der Waals surface area contributed by atoms with Crippen LogP contribution < -0.4 is 5.48 Å². The molecule has 2 nitrogen and oxygen atoms in total. The maximum Gasteiger partial charge on any atom is 0.0790 e. The van der Waals surface area contributed by atoms with Crippen LogP contribution in [0.3, 0.4) is 0 Å². The molecule has 0 aromatic carbocycles. The first kappa shape index (κ1) is 11.4. The number of nitrogens with one attached hydrogen (secondary N) is 1. The summed E-state index contributed by atoms with van der Waals surface area (Å²) in [5.74, 6) is 0. The molecule has 0 amide bonds. The Morgan fingerprint density at radius 1 is 1.00 bits per heavy atom. The van der Waals surface area contributed by atoms with Crippen molar-refractivity contribution in [1.82, 2.24) is 5.48 Å². The molecule has 0 saturated heterocycles. The van der Waals surface area contributed by atoms with E-state index in [4.69, 9.17) is 4.84 Å². The molecule has 2 heteroatoms. The van der Waals surface area contributed by atoms with Crippen molar-refractivity contribution in [1.29, 1.82) is 0 Å². The first-order chi connectivity index (χ1) is 7.16. The van der Waals surface area contributed by atoms with Gasteiger partial charge in [0.2, 0.25) is 0 Å². The smallest absolute Gasteiger partial charge is 0.0790 e. The van der Waals surface area contributed by atoms with Crippen LogP contribution in [-0.4, -0.2) is 12.1 Å². The van der Waals surface area contributed by atoms with Gasteiger partial charge in [0.1, 0.15) is 0 Å². The lowest BCUT2D eigenvalue weighted by molar-refractivity contribution is -0.0514. The van der Waals surface area contributed by atoms with Crippen molar-refractivity contribution in [2.45, 2.75) is 77.4 Å². The molecular formula is C13H25NO. The molecule has 15 heavy (non-hydrogen) atoms. The van der Waals surface area contributed by atoms with Crippen molar-refractivity contribution in [3.8, 4) is 0 Å². The third-order valence-electron chi connectivity index (χ3n) is 4.04. The van der Waals surface area contributed by atoms with Crippen LogP contribution in [0.1, 0.15) is 65.2 Å². The van der Waals surface area contributed by atoms with Crippen molar-refractivity contribution >= 4 is 0 Å². The predicted molar refractivity (Wildman–Crippen MR) is 62.5 cm³/mol. The summed E-state index contributed by atoms with van der Waals surface area (Å²) in [5, 5.41) is 0. The topological polar surface area (TPSA) is 21.3 Å². The molecule has 0 heterocycles. The lowest BCUT2D eigenvalue weighted by Gasteiger charge is -2.34. The van der Waals surface area contributed by atoms with Gasteiger partial charge in [-0.05, 0) is 43.9 Å². The molecule has 0 bridgehead atoms. The summed E-state index contributed by atoms with van der Waals surface area (Å²) >= 11 is 0. The Balaban J connectivity index is 1.64. The highest BCUT2D eigenvalue weighted by atomic mass is 16.7. The molecule has 0 spiro atoms. The van der Waals surface area contributed by atoms with E-state index in [-0.39, 0.29) is 0 Å². The Morgan fingerprint density at radius 3 is 2.20 bits per heavy atom.